The van der Waals surface area contributed by atoms with Gasteiger partial charge in [0, 0.05) is 20.0 Å². The van der Waals surface area contributed by atoms with Gasteiger partial charge >= 0.3 is 5.97 Å². The van der Waals surface area contributed by atoms with Crippen LogP contribution in [0.15, 0.2) is 24.3 Å². The summed E-state index contributed by atoms with van der Waals surface area (Å²) in [6, 6.07) is 7.58. The van der Waals surface area contributed by atoms with Crippen LogP contribution in [0.25, 0.3) is 0 Å². The highest BCUT2D eigenvalue weighted by Gasteiger charge is 2.44. The average Bonchev–Trinajstić information content (AvgIpc) is 2.39. The second-order valence-corrected chi connectivity index (χ2v) is 5.30. The van der Waals surface area contributed by atoms with E-state index in [1.165, 1.54) is 6.92 Å². The standard InChI is InChI=1S/C15H19NO3/c1-11-4-6-13(7-5-11)15(14(18)19)8-3-9-16(10-15)12(2)17/h4-7H,3,8-10H2,1-2H3,(H,18,19)/t15-/m1/s1. The minimum Gasteiger partial charge on any atom is -0.481 e. The van der Waals surface area contributed by atoms with Gasteiger partial charge in [0.2, 0.25) is 5.91 Å². The molecule has 4 heteroatoms. The molecule has 0 radical (unpaired) electrons. The van der Waals surface area contributed by atoms with Crippen LogP contribution in [0.5, 0.6) is 0 Å². The predicted molar refractivity (Wildman–Crippen MR) is 72.0 cm³/mol. The Balaban J connectivity index is 2.40. The molecule has 1 aromatic carbocycles. The van der Waals surface area contributed by atoms with Gasteiger partial charge in [0.05, 0.1) is 0 Å². The van der Waals surface area contributed by atoms with E-state index < -0.39 is 11.4 Å². The van der Waals surface area contributed by atoms with Crippen molar-refractivity contribution in [2.45, 2.75) is 32.1 Å². The lowest BCUT2D eigenvalue weighted by atomic mass is 9.74. The molecule has 1 aliphatic rings. The van der Waals surface area contributed by atoms with Gasteiger partial charge in [-0.1, -0.05) is 29.8 Å². The van der Waals surface area contributed by atoms with Gasteiger partial charge < -0.3 is 10.0 Å². The summed E-state index contributed by atoms with van der Waals surface area (Å²) >= 11 is 0. The molecule has 1 saturated heterocycles. The molecule has 102 valence electrons. The van der Waals surface area contributed by atoms with Crippen LogP contribution in [-0.2, 0) is 15.0 Å². The highest BCUT2D eigenvalue weighted by molar-refractivity contribution is 5.83. The van der Waals surface area contributed by atoms with Gasteiger partial charge in [0.1, 0.15) is 5.41 Å². The number of hydrogen-bond donors (Lipinski definition) is 1. The molecule has 1 heterocycles. The lowest BCUT2D eigenvalue weighted by Gasteiger charge is -2.40. The number of rotatable bonds is 2. The Kier molecular flexibility index (Phi) is 3.60. The van der Waals surface area contributed by atoms with Gasteiger partial charge in [0.25, 0.3) is 0 Å². The quantitative estimate of drug-likeness (QED) is 0.885. The first-order valence-corrected chi connectivity index (χ1v) is 6.52. The molecule has 1 aromatic rings. The van der Waals surface area contributed by atoms with Crippen LogP contribution in [0.2, 0.25) is 0 Å². The number of nitrogens with zero attached hydrogens (tertiary/aromatic N) is 1. The van der Waals surface area contributed by atoms with Gasteiger partial charge in [-0.15, -0.1) is 0 Å². The number of carboxylic acids is 1. The van der Waals surface area contributed by atoms with Crippen molar-refractivity contribution in [1.82, 2.24) is 4.90 Å². The number of carbonyl (C=O) groups is 2. The van der Waals surface area contributed by atoms with Gasteiger partial charge in [-0.25, -0.2) is 0 Å². The fourth-order valence-corrected chi connectivity index (χ4v) is 2.73. The number of amides is 1. The summed E-state index contributed by atoms with van der Waals surface area (Å²) in [6.45, 7) is 4.38. The summed E-state index contributed by atoms with van der Waals surface area (Å²) in [6.07, 6.45) is 1.30. The zero-order valence-corrected chi connectivity index (χ0v) is 11.3. The molecule has 0 bridgehead atoms. The van der Waals surface area contributed by atoms with Crippen LogP contribution in [0.4, 0.5) is 0 Å². The van der Waals surface area contributed by atoms with Crippen molar-refractivity contribution < 1.29 is 14.7 Å². The molecule has 2 rings (SSSR count). The molecule has 0 unspecified atom stereocenters. The number of aliphatic carboxylic acids is 1. The first-order chi connectivity index (χ1) is 8.95. The lowest BCUT2D eigenvalue weighted by molar-refractivity contribution is -0.148. The molecule has 0 saturated carbocycles. The molecule has 1 atom stereocenters. The smallest absolute Gasteiger partial charge is 0.315 e. The topological polar surface area (TPSA) is 57.6 Å². The molecule has 19 heavy (non-hydrogen) atoms. The molecule has 0 spiro atoms. The molecule has 1 amide bonds. The van der Waals surface area contributed by atoms with E-state index in [9.17, 15) is 14.7 Å². The van der Waals surface area contributed by atoms with E-state index in [0.717, 1.165) is 17.5 Å². The lowest BCUT2D eigenvalue weighted by Crippen LogP contribution is -2.52. The average molecular weight is 261 g/mol. The van der Waals surface area contributed by atoms with E-state index in [-0.39, 0.29) is 12.5 Å². The zero-order chi connectivity index (χ0) is 14.0. The van der Waals surface area contributed by atoms with Crippen LogP contribution >= 0.6 is 0 Å². The Labute approximate surface area is 113 Å². The number of benzene rings is 1. The van der Waals surface area contributed by atoms with E-state index in [1.54, 1.807) is 4.90 Å². The van der Waals surface area contributed by atoms with E-state index in [1.807, 2.05) is 31.2 Å². The monoisotopic (exact) mass is 261 g/mol. The summed E-state index contributed by atoms with van der Waals surface area (Å²) in [5, 5.41) is 9.67. The Morgan fingerprint density at radius 1 is 1.26 bits per heavy atom. The Morgan fingerprint density at radius 3 is 2.42 bits per heavy atom. The van der Waals surface area contributed by atoms with Crippen molar-refractivity contribution in [3.63, 3.8) is 0 Å². The van der Waals surface area contributed by atoms with Gasteiger partial charge in [-0.05, 0) is 25.3 Å². The molecule has 0 aliphatic carbocycles. The molecular weight excluding hydrogens is 242 g/mol. The second kappa shape index (κ2) is 5.03. The van der Waals surface area contributed by atoms with Crippen LogP contribution in [0, 0.1) is 6.92 Å². The normalized spacial score (nSPS) is 23.2. The minimum absolute atomic E-state index is 0.0579. The number of hydrogen-bond acceptors (Lipinski definition) is 2. The highest BCUT2D eigenvalue weighted by Crippen LogP contribution is 2.34. The first-order valence-electron chi connectivity index (χ1n) is 6.52. The summed E-state index contributed by atoms with van der Waals surface area (Å²) in [5.41, 5.74) is 0.928. The summed E-state index contributed by atoms with van der Waals surface area (Å²) in [5.74, 6) is -0.903. The number of aryl methyl sites for hydroxylation is 1. The van der Waals surface area contributed by atoms with Gasteiger partial charge in [0.15, 0.2) is 0 Å². The first kappa shape index (κ1) is 13.6. The second-order valence-electron chi connectivity index (χ2n) is 5.30. The van der Waals surface area contributed by atoms with Crippen molar-refractivity contribution in [1.29, 1.82) is 0 Å². The van der Waals surface area contributed by atoms with Gasteiger partial charge in [-0.2, -0.15) is 0 Å². The predicted octanol–water partition coefficient (Wildman–Crippen LogP) is 1.96. The van der Waals surface area contributed by atoms with E-state index in [4.69, 9.17) is 0 Å². The third-order valence-electron chi connectivity index (χ3n) is 3.95. The third kappa shape index (κ3) is 2.48. The van der Waals surface area contributed by atoms with Crippen molar-refractivity contribution in [3.8, 4) is 0 Å². The van der Waals surface area contributed by atoms with E-state index >= 15 is 0 Å². The van der Waals surface area contributed by atoms with Crippen LogP contribution < -0.4 is 0 Å². The van der Waals surface area contributed by atoms with Crippen LogP contribution in [0.3, 0.4) is 0 Å². The Bertz CT molecular complexity index is 495. The number of carboxylic acid groups (broad SMARTS) is 1. The van der Waals surface area contributed by atoms with E-state index in [2.05, 4.69) is 0 Å². The molecule has 0 aromatic heterocycles. The summed E-state index contributed by atoms with van der Waals surface area (Å²) in [7, 11) is 0. The Morgan fingerprint density at radius 2 is 1.89 bits per heavy atom. The molecule has 4 nitrogen and oxygen atoms in total. The minimum atomic E-state index is -0.961. The van der Waals surface area contributed by atoms with Crippen molar-refractivity contribution in [2.24, 2.45) is 0 Å². The molecule has 1 aliphatic heterocycles. The fourth-order valence-electron chi connectivity index (χ4n) is 2.73. The number of likely N-dealkylation sites (tertiary alicyclic amines) is 1. The Hall–Kier alpha value is -1.84. The zero-order valence-electron chi connectivity index (χ0n) is 11.3. The third-order valence-corrected chi connectivity index (χ3v) is 3.95. The number of carbonyl (C=O) groups excluding carboxylic acids is 1. The number of piperidine rings is 1. The molecule has 1 N–H and O–H groups in total. The van der Waals surface area contributed by atoms with Gasteiger partial charge in [-0.3, -0.25) is 9.59 Å². The highest BCUT2D eigenvalue weighted by atomic mass is 16.4. The maximum absolute atomic E-state index is 11.8. The SMILES string of the molecule is CC(=O)N1CCC[C@](C(=O)O)(c2ccc(C)cc2)C1. The maximum atomic E-state index is 11.8. The van der Waals surface area contributed by atoms with Crippen molar-refractivity contribution in [3.05, 3.63) is 35.4 Å². The largest absolute Gasteiger partial charge is 0.481 e. The maximum Gasteiger partial charge on any atom is 0.315 e. The summed E-state index contributed by atoms with van der Waals surface area (Å²) in [4.78, 5) is 25.0. The van der Waals surface area contributed by atoms with Crippen LogP contribution in [0.1, 0.15) is 30.9 Å². The molecule has 1 fully saturated rings. The van der Waals surface area contributed by atoms with Crippen molar-refractivity contribution in [2.75, 3.05) is 13.1 Å². The van der Waals surface area contributed by atoms with Crippen LogP contribution in [-0.4, -0.2) is 35.0 Å². The fraction of sp³-hybridized carbons (Fsp3) is 0.467. The van der Waals surface area contributed by atoms with Crippen molar-refractivity contribution >= 4 is 11.9 Å². The summed E-state index contributed by atoms with van der Waals surface area (Å²) < 4.78 is 0. The van der Waals surface area contributed by atoms with E-state index in [0.29, 0.717) is 13.0 Å². The molecular formula is C15H19NO3.